The van der Waals surface area contributed by atoms with Gasteiger partial charge in [0.05, 0.1) is 6.61 Å². The van der Waals surface area contributed by atoms with Gasteiger partial charge in [-0.1, -0.05) is 279 Å². The van der Waals surface area contributed by atoms with Crippen LogP contribution in [0, 0.1) is 0 Å². The smallest absolute Gasteiger partial charge is 0.335 e. The van der Waals surface area contributed by atoms with Crippen LogP contribution in [0.25, 0.3) is 0 Å². The van der Waals surface area contributed by atoms with Gasteiger partial charge in [0.2, 0.25) is 0 Å². The molecule has 0 aromatic carbocycles. The zero-order valence-corrected chi connectivity index (χ0v) is 53.8. The van der Waals surface area contributed by atoms with Crippen molar-refractivity contribution in [3.63, 3.8) is 0 Å². The topological polar surface area (TPSA) is 175 Å². The first-order valence-corrected chi connectivity index (χ1v) is 34.2. The molecule has 0 aliphatic carbocycles. The number of aliphatic hydroxyl groups is 2. The molecule has 6 unspecified atom stereocenters. The van der Waals surface area contributed by atoms with Crippen molar-refractivity contribution in [2.24, 2.45) is 0 Å². The average molecular weight is 1190 g/mol. The number of carbonyl (C=O) groups excluding carboxylic acids is 3. The zero-order chi connectivity index (χ0) is 61.7. The van der Waals surface area contributed by atoms with Crippen LogP contribution in [0.3, 0.4) is 0 Å². The van der Waals surface area contributed by atoms with Crippen LogP contribution in [0.15, 0.2) is 97.2 Å². The van der Waals surface area contributed by atoms with E-state index in [0.717, 1.165) is 83.5 Å². The molecule has 3 N–H and O–H groups in total. The van der Waals surface area contributed by atoms with Crippen molar-refractivity contribution in [1.82, 2.24) is 0 Å². The Hall–Kier alpha value is -4.36. The summed E-state index contributed by atoms with van der Waals surface area (Å²) in [6.45, 7) is 5.87. The zero-order valence-electron chi connectivity index (χ0n) is 53.8. The summed E-state index contributed by atoms with van der Waals surface area (Å²) in [6.07, 6.45) is 68.0. The largest absolute Gasteiger partial charge is 0.479 e. The fraction of sp³-hybridized carbons (Fsp3) is 0.726. The number of rotatable bonds is 58. The van der Waals surface area contributed by atoms with Crippen LogP contribution in [-0.4, -0.2) is 89.2 Å². The molecule has 0 radical (unpaired) electrons. The van der Waals surface area contributed by atoms with Gasteiger partial charge in [0.1, 0.15) is 18.8 Å². The Bertz CT molecular complexity index is 1840. The minimum absolute atomic E-state index is 0.0671. The van der Waals surface area contributed by atoms with E-state index in [0.29, 0.717) is 25.7 Å². The van der Waals surface area contributed by atoms with Crippen molar-refractivity contribution in [2.75, 3.05) is 13.2 Å². The summed E-state index contributed by atoms with van der Waals surface area (Å²) >= 11 is 0. The molecular weight excluding hydrogens is 1070 g/mol. The molecule has 0 aromatic rings. The number of esters is 3. The van der Waals surface area contributed by atoms with E-state index in [4.69, 9.17) is 23.7 Å². The van der Waals surface area contributed by atoms with Crippen LogP contribution in [0.1, 0.15) is 290 Å². The van der Waals surface area contributed by atoms with E-state index < -0.39 is 67.3 Å². The highest BCUT2D eigenvalue weighted by Crippen LogP contribution is 2.26. The molecule has 12 heteroatoms. The first kappa shape index (κ1) is 78.7. The van der Waals surface area contributed by atoms with E-state index >= 15 is 0 Å². The van der Waals surface area contributed by atoms with Gasteiger partial charge >= 0.3 is 23.9 Å². The molecule has 486 valence electrons. The molecule has 85 heavy (non-hydrogen) atoms. The predicted molar refractivity (Wildman–Crippen MR) is 349 cm³/mol. The lowest BCUT2D eigenvalue weighted by Crippen LogP contribution is -2.61. The van der Waals surface area contributed by atoms with Crippen molar-refractivity contribution >= 4 is 23.9 Å². The lowest BCUT2D eigenvalue weighted by Gasteiger charge is -2.40. The van der Waals surface area contributed by atoms with E-state index in [9.17, 15) is 34.5 Å². The van der Waals surface area contributed by atoms with Crippen LogP contribution in [0.2, 0.25) is 0 Å². The molecule has 0 aromatic heterocycles. The van der Waals surface area contributed by atoms with Gasteiger partial charge in [0, 0.05) is 19.3 Å². The number of unbranched alkanes of at least 4 members (excludes halogenated alkanes) is 28. The van der Waals surface area contributed by atoms with Gasteiger partial charge in [0.15, 0.2) is 24.6 Å². The first-order chi connectivity index (χ1) is 41.6. The number of allylic oxidation sites excluding steroid dienone is 16. The van der Waals surface area contributed by atoms with Gasteiger partial charge in [-0.15, -0.1) is 0 Å². The number of hydrogen-bond donors (Lipinski definition) is 3. The van der Waals surface area contributed by atoms with E-state index in [-0.39, 0.29) is 25.9 Å². The fourth-order valence-corrected chi connectivity index (χ4v) is 9.96. The van der Waals surface area contributed by atoms with Crippen molar-refractivity contribution < 1.29 is 58.2 Å². The maximum Gasteiger partial charge on any atom is 0.335 e. The van der Waals surface area contributed by atoms with Gasteiger partial charge < -0.3 is 39.0 Å². The standard InChI is InChI=1S/C73H122O12/c1-4-7-10-13-16-19-22-25-28-31-33-36-38-41-44-47-50-53-56-59-65(74)81-62-64(83-66(75)60-57-54-51-48-45-42-39-35-30-27-24-21-18-15-12-9-6-3)63-82-73-71(69(78)68(77)70(85-73)72(79)80)84-67(76)61-58-55-52-49-46-43-40-37-34-32-29-26-23-20-17-14-11-8-5-2/h8,11,16-17,19-20,25-26,28-29,34,37,43,46,52,55,64,68-71,73,77-78H,4-7,9-10,12-15,18,21-24,27,30-33,35-36,38-42,44-45,47-51,53-54,56-63H2,1-3H3,(H,79,80)/b11-8-,19-16-,20-17-,28-25-,29-26-,37-34-,46-43-,55-52-. The molecule has 0 spiro atoms. The number of carboxylic acids is 1. The minimum atomic E-state index is -1.93. The van der Waals surface area contributed by atoms with Crippen LogP contribution >= 0.6 is 0 Å². The molecule has 1 aliphatic rings. The van der Waals surface area contributed by atoms with Gasteiger partial charge in [-0.05, 0) is 89.9 Å². The summed E-state index contributed by atoms with van der Waals surface area (Å²) in [5.74, 6) is -3.22. The van der Waals surface area contributed by atoms with Crippen molar-refractivity contribution in [1.29, 1.82) is 0 Å². The van der Waals surface area contributed by atoms with E-state index in [1.54, 1.807) is 0 Å². The molecule has 0 amide bonds. The summed E-state index contributed by atoms with van der Waals surface area (Å²) in [4.78, 5) is 51.4. The van der Waals surface area contributed by atoms with Crippen LogP contribution in [-0.2, 0) is 42.9 Å². The lowest BCUT2D eigenvalue weighted by molar-refractivity contribution is -0.301. The quantitative estimate of drug-likeness (QED) is 0.0228. The van der Waals surface area contributed by atoms with Gasteiger partial charge in [-0.3, -0.25) is 14.4 Å². The molecule has 12 nitrogen and oxygen atoms in total. The predicted octanol–water partition coefficient (Wildman–Crippen LogP) is 18.8. The van der Waals surface area contributed by atoms with Crippen molar-refractivity contribution in [2.45, 2.75) is 327 Å². The van der Waals surface area contributed by atoms with Crippen molar-refractivity contribution in [3.8, 4) is 0 Å². The SMILES string of the molecule is CC/C=C\C/C=C\C/C=C\C/C=C\C/C=C\C/C=C\CCC(=O)OC1C(OCC(COC(=O)CCCCCCCCCCC/C=C\C/C=C\CCCCC)OC(=O)CCCCCCCCCCCCCCCCCCC)OC(C(=O)O)C(O)C1O. The second kappa shape index (κ2) is 59.9. The van der Waals surface area contributed by atoms with Crippen molar-refractivity contribution in [3.05, 3.63) is 97.2 Å². The number of aliphatic hydroxyl groups excluding tert-OH is 2. The molecule has 1 aliphatic heterocycles. The monoisotopic (exact) mass is 1190 g/mol. The second-order valence-corrected chi connectivity index (χ2v) is 23.1. The Morgan fingerprint density at radius 1 is 0.400 bits per heavy atom. The molecular formula is C73H122O12. The third-order valence-corrected chi connectivity index (χ3v) is 15.2. The van der Waals surface area contributed by atoms with Gasteiger partial charge in [0.25, 0.3) is 0 Å². The highest BCUT2D eigenvalue weighted by atomic mass is 16.7. The van der Waals surface area contributed by atoms with Gasteiger partial charge in [-0.25, -0.2) is 4.79 Å². The Morgan fingerprint density at radius 2 is 0.765 bits per heavy atom. The first-order valence-electron chi connectivity index (χ1n) is 34.2. The number of ether oxygens (including phenoxy) is 5. The third kappa shape index (κ3) is 49.3. The van der Waals surface area contributed by atoms with Crippen LogP contribution in [0.5, 0.6) is 0 Å². The third-order valence-electron chi connectivity index (χ3n) is 15.2. The number of carbonyl (C=O) groups is 4. The van der Waals surface area contributed by atoms with E-state index in [1.165, 1.54) is 141 Å². The summed E-state index contributed by atoms with van der Waals surface area (Å²) < 4.78 is 28.5. The normalized spacial score (nSPS) is 18.1. The summed E-state index contributed by atoms with van der Waals surface area (Å²) in [5.41, 5.74) is 0. The summed E-state index contributed by atoms with van der Waals surface area (Å²) in [7, 11) is 0. The molecule has 1 heterocycles. The highest BCUT2D eigenvalue weighted by Gasteiger charge is 2.50. The van der Waals surface area contributed by atoms with Gasteiger partial charge in [-0.2, -0.15) is 0 Å². The minimum Gasteiger partial charge on any atom is -0.479 e. The number of hydrogen-bond acceptors (Lipinski definition) is 11. The summed E-state index contributed by atoms with van der Waals surface area (Å²) in [6, 6.07) is 0. The molecule has 1 saturated heterocycles. The highest BCUT2D eigenvalue weighted by molar-refractivity contribution is 5.74. The Morgan fingerprint density at radius 3 is 1.20 bits per heavy atom. The number of carboxylic acid groups (broad SMARTS) is 1. The van der Waals surface area contributed by atoms with E-state index in [1.807, 2.05) is 18.2 Å². The van der Waals surface area contributed by atoms with Crippen LogP contribution < -0.4 is 0 Å². The second-order valence-electron chi connectivity index (χ2n) is 23.1. The maximum atomic E-state index is 13.2. The molecule has 6 atom stereocenters. The summed E-state index contributed by atoms with van der Waals surface area (Å²) in [5, 5.41) is 31.6. The fourth-order valence-electron chi connectivity index (χ4n) is 9.96. The average Bonchev–Trinajstić information content (AvgIpc) is 2.79. The Kier molecular flexibility index (Phi) is 55.5. The number of aliphatic carboxylic acids is 1. The molecule has 1 rings (SSSR count). The van der Waals surface area contributed by atoms with E-state index in [2.05, 4.69) is 99.8 Å². The maximum absolute atomic E-state index is 13.2. The molecule has 0 bridgehead atoms. The Balaban J connectivity index is 2.68. The Labute approximate surface area is 517 Å². The molecule has 1 fully saturated rings. The van der Waals surface area contributed by atoms with Crippen LogP contribution in [0.4, 0.5) is 0 Å². The lowest BCUT2D eigenvalue weighted by atomic mass is 9.98. The molecule has 0 saturated carbocycles.